The topological polar surface area (TPSA) is 165 Å². The van der Waals surface area contributed by atoms with Crippen molar-refractivity contribution in [2.75, 3.05) is 6.61 Å². The summed E-state index contributed by atoms with van der Waals surface area (Å²) in [6.45, 7) is -0.181. The van der Waals surface area contributed by atoms with Crippen LogP contribution < -0.4 is 15.8 Å². The van der Waals surface area contributed by atoms with Crippen molar-refractivity contribution >= 4 is 27.9 Å². The van der Waals surface area contributed by atoms with E-state index in [1.807, 2.05) is 0 Å². The minimum Gasteiger partial charge on any atom is -0.480 e. The maximum atomic E-state index is 13.1. The largest absolute Gasteiger partial charge is 0.480 e. The van der Waals surface area contributed by atoms with Crippen LogP contribution in [-0.4, -0.2) is 50.1 Å². The number of ether oxygens (including phenoxy) is 1. The first-order valence-corrected chi connectivity index (χ1v) is 14.4. The van der Waals surface area contributed by atoms with Crippen LogP contribution in [0.2, 0.25) is 0 Å². The average molecular weight is 600 g/mol. The van der Waals surface area contributed by atoms with Gasteiger partial charge in [0.15, 0.2) is 0 Å². The lowest BCUT2D eigenvalue weighted by molar-refractivity contribution is -0.146. The van der Waals surface area contributed by atoms with Gasteiger partial charge in [0, 0.05) is 18.4 Å². The number of carbonyl (C=O) groups is 3. The number of nitrogens with one attached hydrogen (secondary N) is 2. The number of sulfonamides is 1. The molecule has 1 amide bonds. The average Bonchev–Trinajstić information content (AvgIpc) is 2.94. The second-order valence-corrected chi connectivity index (χ2v) is 11.5. The third-order valence-corrected chi connectivity index (χ3v) is 8.35. The zero-order chi connectivity index (χ0) is 30.2. The molecule has 41 heavy (non-hydrogen) atoms. The number of esters is 1. The van der Waals surface area contributed by atoms with Gasteiger partial charge in [0.2, 0.25) is 15.9 Å². The Labute approximate surface area is 235 Å². The van der Waals surface area contributed by atoms with E-state index in [-0.39, 0.29) is 30.3 Å². The maximum Gasteiger partial charge on any atom is 0.416 e. The monoisotopic (exact) mass is 599 g/mol. The van der Waals surface area contributed by atoms with Crippen LogP contribution in [0.25, 0.3) is 0 Å². The number of nitrogens with two attached hydrogens (primary N) is 1. The molecule has 0 bridgehead atoms. The molecule has 5 N–H and O–H groups in total. The summed E-state index contributed by atoms with van der Waals surface area (Å²) in [5.74, 6) is -2.61. The summed E-state index contributed by atoms with van der Waals surface area (Å²) in [4.78, 5) is 35.8. The van der Waals surface area contributed by atoms with Gasteiger partial charge in [0.1, 0.15) is 12.6 Å². The van der Waals surface area contributed by atoms with E-state index in [0.717, 1.165) is 12.1 Å². The molecule has 2 aromatic rings. The van der Waals surface area contributed by atoms with Crippen molar-refractivity contribution in [3.05, 3.63) is 65.7 Å². The Kier molecular flexibility index (Phi) is 10.9. The van der Waals surface area contributed by atoms with Crippen LogP contribution in [0, 0.1) is 5.92 Å². The minimum atomic E-state index is -4.58. The standard InChI is InChI=1S/C27H32F3N3O7S/c28-27(29,30)19-8-12-21(13-9-19)41(38,39)33-20-10-6-18(7-11-20)25(35)32-23(17-4-2-1-3-5-17)16-40-24(34)15-14-22(31)26(36)37/h1-5,8-9,12-13,18,20,22-23,33H,6-7,10-11,14-16,31H2,(H,32,35)(H,36,37)/t18?,20?,22-,23-/m1/s1. The van der Waals surface area contributed by atoms with Gasteiger partial charge in [-0.3, -0.25) is 14.4 Å². The number of carbonyl (C=O) groups excluding carboxylic acids is 2. The van der Waals surface area contributed by atoms with Crippen molar-refractivity contribution in [3.8, 4) is 0 Å². The van der Waals surface area contributed by atoms with Crippen LogP contribution in [0.4, 0.5) is 13.2 Å². The number of halogens is 3. The van der Waals surface area contributed by atoms with Crippen molar-refractivity contribution in [1.29, 1.82) is 0 Å². The Morgan fingerprint density at radius 1 is 1.00 bits per heavy atom. The molecule has 1 aliphatic carbocycles. The summed E-state index contributed by atoms with van der Waals surface area (Å²) >= 11 is 0. The SMILES string of the molecule is N[C@H](CCC(=O)OC[C@@H](NC(=O)C1CCC(NS(=O)(=O)c2ccc(C(F)(F)F)cc2)CC1)c1ccccc1)C(=O)O. The molecule has 0 radical (unpaired) electrons. The highest BCUT2D eigenvalue weighted by molar-refractivity contribution is 7.89. The van der Waals surface area contributed by atoms with E-state index < -0.39 is 57.7 Å². The molecular formula is C27H32F3N3O7S. The van der Waals surface area contributed by atoms with Gasteiger partial charge in [-0.1, -0.05) is 30.3 Å². The number of hydrogen-bond donors (Lipinski definition) is 4. The molecule has 3 rings (SSSR count). The molecule has 0 spiro atoms. The Hall–Kier alpha value is -3.49. The molecule has 0 aromatic heterocycles. The second-order valence-electron chi connectivity index (χ2n) is 9.83. The Bertz CT molecular complexity index is 1300. The number of benzene rings is 2. The van der Waals surface area contributed by atoms with Gasteiger partial charge < -0.3 is 20.9 Å². The molecule has 14 heteroatoms. The van der Waals surface area contributed by atoms with Gasteiger partial charge in [-0.2, -0.15) is 13.2 Å². The first kappa shape index (κ1) is 32.0. The summed E-state index contributed by atoms with van der Waals surface area (Å²) < 4.78 is 71.5. The predicted molar refractivity (Wildman–Crippen MR) is 141 cm³/mol. The lowest BCUT2D eigenvalue weighted by atomic mass is 9.85. The van der Waals surface area contributed by atoms with Crippen molar-refractivity contribution < 1.29 is 45.8 Å². The highest BCUT2D eigenvalue weighted by Gasteiger charge is 2.33. The van der Waals surface area contributed by atoms with Crippen molar-refractivity contribution in [1.82, 2.24) is 10.0 Å². The Balaban J connectivity index is 1.54. The molecular weight excluding hydrogens is 567 g/mol. The minimum absolute atomic E-state index is 0.0948. The smallest absolute Gasteiger partial charge is 0.416 e. The van der Waals surface area contributed by atoms with Gasteiger partial charge in [0.05, 0.1) is 16.5 Å². The van der Waals surface area contributed by atoms with Gasteiger partial charge in [0.25, 0.3) is 0 Å². The summed E-state index contributed by atoms with van der Waals surface area (Å²) in [7, 11) is -4.05. The number of rotatable bonds is 12. The summed E-state index contributed by atoms with van der Waals surface area (Å²) in [6, 6.07) is 9.69. The van der Waals surface area contributed by atoms with E-state index in [2.05, 4.69) is 10.0 Å². The summed E-state index contributed by atoms with van der Waals surface area (Å²) in [5, 5.41) is 11.7. The molecule has 0 heterocycles. The quantitative estimate of drug-likeness (QED) is 0.270. The first-order chi connectivity index (χ1) is 19.3. The van der Waals surface area contributed by atoms with Gasteiger partial charge in [-0.05, 0) is 61.9 Å². The number of hydrogen-bond acceptors (Lipinski definition) is 7. The number of alkyl halides is 3. The van der Waals surface area contributed by atoms with Crippen molar-refractivity contribution in [3.63, 3.8) is 0 Å². The number of aliphatic carboxylic acids is 1. The Morgan fingerprint density at radius 2 is 1.61 bits per heavy atom. The molecule has 1 saturated carbocycles. The number of amides is 1. The van der Waals surface area contributed by atoms with Crippen LogP contribution in [0.5, 0.6) is 0 Å². The van der Waals surface area contributed by atoms with E-state index in [1.54, 1.807) is 30.3 Å². The zero-order valence-corrected chi connectivity index (χ0v) is 22.8. The van der Waals surface area contributed by atoms with Crippen LogP contribution >= 0.6 is 0 Å². The third-order valence-electron chi connectivity index (χ3n) is 6.82. The molecule has 224 valence electrons. The molecule has 0 aliphatic heterocycles. The van der Waals surface area contributed by atoms with E-state index in [0.29, 0.717) is 43.4 Å². The number of carboxylic acids is 1. The Morgan fingerprint density at radius 3 is 2.17 bits per heavy atom. The lowest BCUT2D eigenvalue weighted by Gasteiger charge is -2.29. The van der Waals surface area contributed by atoms with E-state index in [1.165, 1.54) is 0 Å². The van der Waals surface area contributed by atoms with Crippen LogP contribution in [0.1, 0.15) is 55.7 Å². The highest BCUT2D eigenvalue weighted by Crippen LogP contribution is 2.30. The maximum absolute atomic E-state index is 13.1. The molecule has 1 fully saturated rings. The van der Waals surface area contributed by atoms with E-state index in [4.69, 9.17) is 15.6 Å². The normalized spacial score (nSPS) is 19.1. The van der Waals surface area contributed by atoms with Crippen molar-refractivity contribution in [2.24, 2.45) is 11.7 Å². The molecule has 0 saturated heterocycles. The van der Waals surface area contributed by atoms with Gasteiger partial charge >= 0.3 is 18.1 Å². The molecule has 0 unspecified atom stereocenters. The molecule has 1 aliphatic rings. The first-order valence-electron chi connectivity index (χ1n) is 12.9. The third kappa shape index (κ3) is 9.54. The second kappa shape index (κ2) is 13.9. The van der Waals surface area contributed by atoms with Crippen molar-refractivity contribution in [2.45, 2.75) is 67.7 Å². The fourth-order valence-corrected chi connectivity index (χ4v) is 5.73. The zero-order valence-electron chi connectivity index (χ0n) is 22.0. The summed E-state index contributed by atoms with van der Waals surface area (Å²) in [5.41, 5.74) is 5.15. The molecule has 2 atom stereocenters. The molecule has 10 nitrogen and oxygen atoms in total. The van der Waals surface area contributed by atoms with Crippen LogP contribution in [0.15, 0.2) is 59.5 Å². The summed E-state index contributed by atoms with van der Waals surface area (Å²) in [6.07, 6.45) is -3.47. The van der Waals surface area contributed by atoms with E-state index in [9.17, 15) is 36.0 Å². The molecule has 2 aromatic carbocycles. The van der Waals surface area contributed by atoms with Gasteiger partial charge in [-0.25, -0.2) is 13.1 Å². The highest BCUT2D eigenvalue weighted by atomic mass is 32.2. The predicted octanol–water partition coefficient (Wildman–Crippen LogP) is 3.14. The van der Waals surface area contributed by atoms with E-state index >= 15 is 0 Å². The lowest BCUT2D eigenvalue weighted by Crippen LogP contribution is -2.42. The fraction of sp³-hybridized carbons (Fsp3) is 0.444. The van der Waals surface area contributed by atoms with Crippen LogP contribution in [-0.2, 0) is 35.3 Å². The fourth-order valence-electron chi connectivity index (χ4n) is 4.43. The van der Waals surface area contributed by atoms with Crippen LogP contribution in [0.3, 0.4) is 0 Å². The number of carboxylic acid groups (broad SMARTS) is 1. The van der Waals surface area contributed by atoms with Gasteiger partial charge in [-0.15, -0.1) is 0 Å².